The maximum absolute atomic E-state index is 12.5. The van der Waals surface area contributed by atoms with Crippen LogP contribution in [0.2, 0.25) is 0 Å². The highest BCUT2D eigenvalue weighted by Crippen LogP contribution is 2.29. The standard InChI is InChI=1S/C12H17BrN2O5S/c1-2-3-14-4-6-15(7-5-14)21(18,19)10-8-9(12(16)17)20-11(10)13/h8H,2-7H2,1H3,(H,16,17). The Kier molecular flexibility index (Phi) is 5.07. The normalized spacial score (nSPS) is 18.0. The number of carbonyl (C=O) groups is 1. The zero-order valence-electron chi connectivity index (χ0n) is 11.6. The molecule has 2 rings (SSSR count). The number of carboxylic acid groups (broad SMARTS) is 1. The summed E-state index contributed by atoms with van der Waals surface area (Å²) in [5.41, 5.74) is 0. The molecule has 1 aliphatic heterocycles. The molecule has 0 atom stereocenters. The van der Waals surface area contributed by atoms with Crippen LogP contribution in [0.1, 0.15) is 23.9 Å². The van der Waals surface area contributed by atoms with Gasteiger partial charge in [0.2, 0.25) is 15.8 Å². The van der Waals surface area contributed by atoms with Gasteiger partial charge in [-0.05, 0) is 28.9 Å². The average Bonchev–Trinajstić information content (AvgIpc) is 2.83. The van der Waals surface area contributed by atoms with Crippen LogP contribution in [0.3, 0.4) is 0 Å². The number of rotatable bonds is 5. The monoisotopic (exact) mass is 380 g/mol. The van der Waals surface area contributed by atoms with Crippen LogP contribution in [0, 0.1) is 0 Å². The Morgan fingerprint density at radius 2 is 2.00 bits per heavy atom. The molecule has 0 bridgehead atoms. The first-order valence-electron chi connectivity index (χ1n) is 6.61. The first-order valence-corrected chi connectivity index (χ1v) is 8.84. The molecule has 1 aromatic rings. The van der Waals surface area contributed by atoms with E-state index in [1.165, 1.54) is 4.31 Å². The lowest BCUT2D eigenvalue weighted by Gasteiger charge is -2.33. The Hall–Kier alpha value is -0.900. The minimum absolute atomic E-state index is 0.0733. The Balaban J connectivity index is 2.18. The van der Waals surface area contributed by atoms with Crippen molar-refractivity contribution in [2.24, 2.45) is 0 Å². The molecule has 0 radical (unpaired) electrons. The lowest BCUT2D eigenvalue weighted by Crippen LogP contribution is -2.48. The molecule has 1 aliphatic rings. The molecule has 0 saturated carbocycles. The van der Waals surface area contributed by atoms with Crippen LogP contribution in [-0.4, -0.2) is 61.4 Å². The minimum Gasteiger partial charge on any atom is -0.475 e. The van der Waals surface area contributed by atoms with Gasteiger partial charge in [-0.2, -0.15) is 4.31 Å². The first kappa shape index (κ1) is 16.5. The van der Waals surface area contributed by atoms with Crippen LogP contribution in [0.15, 0.2) is 20.0 Å². The van der Waals surface area contributed by atoms with E-state index in [4.69, 9.17) is 9.52 Å². The molecule has 7 nitrogen and oxygen atoms in total. The predicted octanol–water partition coefficient (Wildman–Crippen LogP) is 1.46. The van der Waals surface area contributed by atoms with E-state index in [9.17, 15) is 13.2 Å². The van der Waals surface area contributed by atoms with Crippen molar-refractivity contribution in [3.63, 3.8) is 0 Å². The summed E-state index contributed by atoms with van der Waals surface area (Å²) in [5.74, 6) is -1.70. The summed E-state index contributed by atoms with van der Waals surface area (Å²) < 4.78 is 31.3. The van der Waals surface area contributed by atoms with E-state index in [-0.39, 0.29) is 9.56 Å². The molecule has 1 fully saturated rings. The fourth-order valence-electron chi connectivity index (χ4n) is 2.28. The summed E-state index contributed by atoms with van der Waals surface area (Å²) in [5, 5.41) is 8.86. The van der Waals surface area contributed by atoms with Crippen LogP contribution < -0.4 is 0 Å². The molecule has 118 valence electrons. The molecular weight excluding hydrogens is 364 g/mol. The number of aromatic carboxylic acids is 1. The molecule has 2 heterocycles. The maximum Gasteiger partial charge on any atom is 0.371 e. The number of hydrogen-bond donors (Lipinski definition) is 1. The SMILES string of the molecule is CCCN1CCN(S(=O)(=O)c2cc(C(=O)O)oc2Br)CC1. The van der Waals surface area contributed by atoms with E-state index in [2.05, 4.69) is 27.8 Å². The first-order chi connectivity index (χ1) is 9.86. The summed E-state index contributed by atoms with van der Waals surface area (Å²) in [4.78, 5) is 12.9. The average molecular weight is 381 g/mol. The molecule has 21 heavy (non-hydrogen) atoms. The number of sulfonamides is 1. The Morgan fingerprint density at radius 3 is 2.48 bits per heavy atom. The second kappa shape index (κ2) is 6.47. The largest absolute Gasteiger partial charge is 0.475 e. The van der Waals surface area contributed by atoms with E-state index in [1.54, 1.807) is 0 Å². The highest BCUT2D eigenvalue weighted by Gasteiger charge is 2.32. The number of nitrogens with zero attached hydrogens (tertiary/aromatic N) is 2. The smallest absolute Gasteiger partial charge is 0.371 e. The summed E-state index contributed by atoms with van der Waals surface area (Å²) in [6.07, 6.45) is 1.03. The fourth-order valence-corrected chi connectivity index (χ4v) is 4.61. The molecule has 0 unspecified atom stereocenters. The van der Waals surface area contributed by atoms with E-state index in [0.29, 0.717) is 26.2 Å². The quantitative estimate of drug-likeness (QED) is 0.831. The van der Waals surface area contributed by atoms with Gasteiger partial charge in [0, 0.05) is 32.2 Å². The molecule has 0 aromatic carbocycles. The second-order valence-corrected chi connectivity index (χ2v) is 7.43. The van der Waals surface area contributed by atoms with Crippen LogP contribution in [-0.2, 0) is 10.0 Å². The number of halogens is 1. The van der Waals surface area contributed by atoms with Gasteiger partial charge in [-0.15, -0.1) is 0 Å². The van der Waals surface area contributed by atoms with Crippen LogP contribution in [0.25, 0.3) is 0 Å². The molecule has 0 aliphatic carbocycles. The lowest BCUT2D eigenvalue weighted by molar-refractivity contribution is 0.0661. The van der Waals surface area contributed by atoms with Crippen molar-refractivity contribution in [3.8, 4) is 0 Å². The van der Waals surface area contributed by atoms with Crippen LogP contribution in [0.5, 0.6) is 0 Å². The molecule has 1 N–H and O–H groups in total. The van der Waals surface area contributed by atoms with Gasteiger partial charge < -0.3 is 14.4 Å². The van der Waals surface area contributed by atoms with Crippen molar-refractivity contribution in [1.82, 2.24) is 9.21 Å². The van der Waals surface area contributed by atoms with E-state index < -0.39 is 21.8 Å². The van der Waals surface area contributed by atoms with E-state index >= 15 is 0 Å². The highest BCUT2D eigenvalue weighted by molar-refractivity contribution is 9.10. The van der Waals surface area contributed by atoms with Crippen molar-refractivity contribution in [3.05, 3.63) is 16.5 Å². The second-order valence-electron chi connectivity index (χ2n) is 4.80. The molecular formula is C12H17BrN2O5S. The molecule has 9 heteroatoms. The van der Waals surface area contributed by atoms with Gasteiger partial charge in [-0.3, -0.25) is 0 Å². The zero-order chi connectivity index (χ0) is 15.6. The predicted molar refractivity (Wildman–Crippen MR) is 78.9 cm³/mol. The highest BCUT2D eigenvalue weighted by atomic mass is 79.9. The van der Waals surface area contributed by atoms with Gasteiger partial charge >= 0.3 is 5.97 Å². The Morgan fingerprint density at radius 1 is 1.38 bits per heavy atom. The van der Waals surface area contributed by atoms with Gasteiger partial charge in [-0.1, -0.05) is 6.92 Å². The number of carboxylic acids is 1. The van der Waals surface area contributed by atoms with Crippen molar-refractivity contribution in [1.29, 1.82) is 0 Å². The molecule has 0 spiro atoms. The number of furan rings is 1. The molecule has 1 aromatic heterocycles. The molecule has 1 saturated heterocycles. The Bertz CT molecular complexity index is 620. The van der Waals surface area contributed by atoms with Crippen LogP contribution in [0.4, 0.5) is 0 Å². The topological polar surface area (TPSA) is 91.1 Å². The third-order valence-corrected chi connectivity index (χ3v) is 6.11. The number of piperazine rings is 1. The summed E-state index contributed by atoms with van der Waals surface area (Å²) >= 11 is 2.98. The number of hydrogen-bond acceptors (Lipinski definition) is 5. The van der Waals surface area contributed by atoms with Crippen molar-refractivity contribution >= 4 is 31.9 Å². The van der Waals surface area contributed by atoms with Crippen molar-refractivity contribution < 1.29 is 22.7 Å². The van der Waals surface area contributed by atoms with E-state index in [0.717, 1.165) is 19.0 Å². The summed E-state index contributed by atoms with van der Waals surface area (Å²) in [6, 6.07) is 1.04. The fraction of sp³-hybridized carbons (Fsp3) is 0.583. The third kappa shape index (κ3) is 3.47. The van der Waals surface area contributed by atoms with Crippen molar-refractivity contribution in [2.75, 3.05) is 32.7 Å². The third-order valence-electron chi connectivity index (χ3n) is 3.36. The lowest BCUT2D eigenvalue weighted by atomic mass is 10.3. The van der Waals surface area contributed by atoms with Crippen LogP contribution >= 0.6 is 15.9 Å². The molecule has 0 amide bonds. The Labute approximate surface area is 131 Å². The summed E-state index contributed by atoms with van der Waals surface area (Å²) in [6.45, 7) is 5.17. The van der Waals surface area contributed by atoms with E-state index in [1.807, 2.05) is 0 Å². The van der Waals surface area contributed by atoms with Gasteiger partial charge in [0.1, 0.15) is 4.90 Å². The minimum atomic E-state index is -3.74. The van der Waals surface area contributed by atoms with Gasteiger partial charge in [0.25, 0.3) is 0 Å². The van der Waals surface area contributed by atoms with Crippen molar-refractivity contribution in [2.45, 2.75) is 18.2 Å². The van der Waals surface area contributed by atoms with Gasteiger partial charge in [-0.25, -0.2) is 13.2 Å². The maximum atomic E-state index is 12.5. The van der Waals surface area contributed by atoms with Gasteiger partial charge in [0.15, 0.2) is 4.67 Å². The summed E-state index contributed by atoms with van der Waals surface area (Å²) in [7, 11) is -3.74. The zero-order valence-corrected chi connectivity index (χ0v) is 14.0. The van der Waals surface area contributed by atoms with Gasteiger partial charge in [0.05, 0.1) is 0 Å².